The Morgan fingerprint density at radius 3 is 2.52 bits per heavy atom. The number of aromatic nitrogens is 2. The van der Waals surface area contributed by atoms with Gasteiger partial charge in [-0.05, 0) is 30.3 Å². The van der Waals surface area contributed by atoms with Crippen LogP contribution in [0, 0.1) is 0 Å². The quantitative estimate of drug-likeness (QED) is 0.620. The predicted molar refractivity (Wildman–Crippen MR) is 98.1 cm³/mol. The van der Waals surface area contributed by atoms with Crippen molar-refractivity contribution in [1.82, 2.24) is 9.97 Å². The lowest BCUT2D eigenvalue weighted by Crippen LogP contribution is -2.25. The summed E-state index contributed by atoms with van der Waals surface area (Å²) in [5.41, 5.74) is 2.59. The predicted octanol–water partition coefficient (Wildman–Crippen LogP) is 3.47. The number of ether oxygens (including phenoxy) is 1. The van der Waals surface area contributed by atoms with E-state index in [4.69, 9.17) is 4.74 Å². The highest BCUT2D eigenvalue weighted by Gasteiger charge is 2.07. The van der Waals surface area contributed by atoms with Crippen LogP contribution in [0.15, 0.2) is 66.9 Å². The van der Waals surface area contributed by atoms with E-state index in [0.717, 1.165) is 23.3 Å². The summed E-state index contributed by atoms with van der Waals surface area (Å²) in [6, 6.07) is 19.0. The molecule has 2 aromatic carbocycles. The molecule has 0 unspecified atom stereocenters. The van der Waals surface area contributed by atoms with Crippen molar-refractivity contribution >= 4 is 12.2 Å². The molecule has 0 radical (unpaired) electrons. The number of benzene rings is 2. The van der Waals surface area contributed by atoms with Crippen LogP contribution in [-0.4, -0.2) is 36.5 Å². The van der Waals surface area contributed by atoms with Crippen LogP contribution in [0.2, 0.25) is 0 Å². The molecule has 5 nitrogen and oxygen atoms in total. The third-order valence-corrected chi connectivity index (χ3v) is 3.77. The first-order chi connectivity index (χ1) is 12.3. The van der Waals surface area contributed by atoms with Crippen molar-refractivity contribution in [3.05, 3.63) is 72.4 Å². The molecule has 0 saturated carbocycles. The molecule has 0 amide bonds. The SMILES string of the molecule is CN(CCOc1ccc(C=O)cc1)c1nccc(-c2ccccc2)n1. The van der Waals surface area contributed by atoms with Gasteiger partial charge in [0, 0.05) is 24.4 Å². The third kappa shape index (κ3) is 4.41. The minimum Gasteiger partial charge on any atom is -0.492 e. The molecule has 126 valence electrons. The number of carbonyl (C=O) groups is 1. The first-order valence-electron chi connectivity index (χ1n) is 8.04. The Kier molecular flexibility index (Phi) is 5.36. The second-order valence-corrected chi connectivity index (χ2v) is 5.56. The molecule has 3 rings (SSSR count). The van der Waals surface area contributed by atoms with Gasteiger partial charge in [0.05, 0.1) is 12.2 Å². The molecule has 0 aliphatic rings. The smallest absolute Gasteiger partial charge is 0.225 e. The molecule has 0 spiro atoms. The Balaban J connectivity index is 1.59. The minimum absolute atomic E-state index is 0.496. The van der Waals surface area contributed by atoms with E-state index in [1.807, 2.05) is 48.3 Å². The van der Waals surface area contributed by atoms with Gasteiger partial charge in [0.1, 0.15) is 18.6 Å². The van der Waals surface area contributed by atoms with E-state index in [1.165, 1.54) is 0 Å². The minimum atomic E-state index is 0.496. The molecule has 0 aliphatic heterocycles. The number of anilines is 1. The van der Waals surface area contributed by atoms with Gasteiger partial charge in [0.15, 0.2) is 0 Å². The van der Waals surface area contributed by atoms with E-state index in [9.17, 15) is 4.79 Å². The number of likely N-dealkylation sites (N-methyl/N-ethyl adjacent to an activating group) is 1. The zero-order valence-corrected chi connectivity index (χ0v) is 14.0. The molecule has 0 N–H and O–H groups in total. The van der Waals surface area contributed by atoms with Gasteiger partial charge < -0.3 is 9.64 Å². The van der Waals surface area contributed by atoms with Crippen molar-refractivity contribution in [1.29, 1.82) is 0 Å². The Morgan fingerprint density at radius 1 is 1.04 bits per heavy atom. The molecule has 25 heavy (non-hydrogen) atoms. The van der Waals surface area contributed by atoms with Gasteiger partial charge in [-0.15, -0.1) is 0 Å². The van der Waals surface area contributed by atoms with E-state index >= 15 is 0 Å². The van der Waals surface area contributed by atoms with Crippen LogP contribution in [0.1, 0.15) is 10.4 Å². The fourth-order valence-corrected chi connectivity index (χ4v) is 2.35. The van der Waals surface area contributed by atoms with E-state index in [0.29, 0.717) is 24.7 Å². The van der Waals surface area contributed by atoms with Crippen molar-refractivity contribution in [2.75, 3.05) is 25.1 Å². The average Bonchev–Trinajstić information content (AvgIpc) is 2.69. The standard InChI is InChI=1S/C20H19N3O2/c1-23(13-14-25-18-9-7-16(15-24)8-10-18)20-21-12-11-19(22-20)17-5-3-2-4-6-17/h2-12,15H,13-14H2,1H3. The summed E-state index contributed by atoms with van der Waals surface area (Å²) < 4.78 is 5.70. The van der Waals surface area contributed by atoms with E-state index in [1.54, 1.807) is 30.5 Å². The van der Waals surface area contributed by atoms with Crippen molar-refractivity contribution in [3.8, 4) is 17.0 Å². The highest BCUT2D eigenvalue weighted by Crippen LogP contribution is 2.18. The molecular weight excluding hydrogens is 314 g/mol. The van der Waals surface area contributed by atoms with Crippen molar-refractivity contribution in [2.45, 2.75) is 0 Å². The van der Waals surface area contributed by atoms with Gasteiger partial charge in [0.25, 0.3) is 0 Å². The lowest BCUT2D eigenvalue weighted by molar-refractivity contribution is 0.112. The van der Waals surface area contributed by atoms with Gasteiger partial charge in [0.2, 0.25) is 5.95 Å². The average molecular weight is 333 g/mol. The van der Waals surface area contributed by atoms with Gasteiger partial charge >= 0.3 is 0 Å². The fourth-order valence-electron chi connectivity index (χ4n) is 2.35. The van der Waals surface area contributed by atoms with Crippen LogP contribution in [0.5, 0.6) is 5.75 Å². The maximum Gasteiger partial charge on any atom is 0.225 e. The summed E-state index contributed by atoms with van der Waals surface area (Å²) in [5, 5.41) is 0. The molecule has 5 heteroatoms. The molecule has 1 aromatic heterocycles. The molecule has 0 atom stereocenters. The summed E-state index contributed by atoms with van der Waals surface area (Å²) >= 11 is 0. The number of hydrogen-bond donors (Lipinski definition) is 0. The maximum absolute atomic E-state index is 10.6. The summed E-state index contributed by atoms with van der Waals surface area (Å²) in [4.78, 5) is 21.5. The lowest BCUT2D eigenvalue weighted by atomic mass is 10.1. The molecule has 3 aromatic rings. The van der Waals surface area contributed by atoms with E-state index in [-0.39, 0.29) is 0 Å². The van der Waals surface area contributed by atoms with E-state index in [2.05, 4.69) is 9.97 Å². The van der Waals surface area contributed by atoms with E-state index < -0.39 is 0 Å². The van der Waals surface area contributed by atoms with Gasteiger partial charge in [-0.2, -0.15) is 0 Å². The molecule has 0 fully saturated rings. The van der Waals surface area contributed by atoms with Gasteiger partial charge in [-0.1, -0.05) is 30.3 Å². The summed E-state index contributed by atoms with van der Waals surface area (Å²) in [6.45, 7) is 1.14. The van der Waals surface area contributed by atoms with Crippen LogP contribution in [0.3, 0.4) is 0 Å². The summed E-state index contributed by atoms with van der Waals surface area (Å²) in [6.07, 6.45) is 2.58. The van der Waals surface area contributed by atoms with Crippen LogP contribution >= 0.6 is 0 Å². The Hall–Kier alpha value is -3.21. The Morgan fingerprint density at radius 2 is 1.80 bits per heavy atom. The van der Waals surface area contributed by atoms with Crippen molar-refractivity contribution in [3.63, 3.8) is 0 Å². The highest BCUT2D eigenvalue weighted by atomic mass is 16.5. The lowest BCUT2D eigenvalue weighted by Gasteiger charge is -2.17. The Labute approximate surface area is 146 Å². The van der Waals surface area contributed by atoms with Crippen molar-refractivity contribution in [2.24, 2.45) is 0 Å². The topological polar surface area (TPSA) is 55.3 Å². The molecule has 0 saturated heterocycles. The first kappa shape index (κ1) is 16.6. The highest BCUT2D eigenvalue weighted by molar-refractivity contribution is 5.74. The normalized spacial score (nSPS) is 10.3. The van der Waals surface area contributed by atoms with Crippen LogP contribution in [0.4, 0.5) is 5.95 Å². The summed E-state index contributed by atoms with van der Waals surface area (Å²) in [7, 11) is 1.93. The fraction of sp³-hybridized carbons (Fsp3) is 0.150. The zero-order chi connectivity index (χ0) is 17.5. The van der Waals surface area contributed by atoms with Crippen molar-refractivity contribution < 1.29 is 9.53 Å². The molecular formula is C20H19N3O2. The number of carbonyl (C=O) groups excluding carboxylic acids is 1. The van der Waals surface area contributed by atoms with Crippen LogP contribution < -0.4 is 9.64 Å². The van der Waals surface area contributed by atoms with Crippen LogP contribution in [-0.2, 0) is 0 Å². The Bertz CT molecular complexity index is 820. The molecule has 1 heterocycles. The third-order valence-electron chi connectivity index (χ3n) is 3.77. The van der Waals surface area contributed by atoms with Crippen LogP contribution in [0.25, 0.3) is 11.3 Å². The number of nitrogens with zero attached hydrogens (tertiary/aromatic N) is 3. The summed E-state index contributed by atoms with van der Waals surface area (Å²) in [5.74, 6) is 1.39. The monoisotopic (exact) mass is 333 g/mol. The number of aldehydes is 1. The number of hydrogen-bond acceptors (Lipinski definition) is 5. The van der Waals surface area contributed by atoms with Gasteiger partial charge in [-0.25, -0.2) is 9.97 Å². The largest absolute Gasteiger partial charge is 0.492 e. The van der Waals surface area contributed by atoms with Gasteiger partial charge in [-0.3, -0.25) is 4.79 Å². The zero-order valence-electron chi connectivity index (χ0n) is 14.0. The second-order valence-electron chi connectivity index (χ2n) is 5.56. The first-order valence-corrected chi connectivity index (χ1v) is 8.04. The molecule has 0 aliphatic carbocycles. The second kappa shape index (κ2) is 8.06. The maximum atomic E-state index is 10.6. The molecule has 0 bridgehead atoms. The number of rotatable bonds is 7.